The van der Waals surface area contributed by atoms with Crippen molar-refractivity contribution in [2.45, 2.75) is 26.3 Å². The van der Waals surface area contributed by atoms with Crippen molar-refractivity contribution in [1.82, 2.24) is 4.90 Å². The van der Waals surface area contributed by atoms with Crippen molar-refractivity contribution in [3.05, 3.63) is 29.3 Å². The van der Waals surface area contributed by atoms with Crippen LogP contribution in [0.5, 0.6) is 0 Å². The van der Waals surface area contributed by atoms with E-state index in [4.69, 9.17) is 0 Å². The number of hydrogen-bond donors (Lipinski definition) is 1. The molecule has 110 valence electrons. The number of benzene rings is 1. The number of carbonyl (C=O) groups is 1. The minimum absolute atomic E-state index is 0.0592. The first-order valence-electron chi connectivity index (χ1n) is 6.60. The third-order valence-electron chi connectivity index (χ3n) is 3.92. The number of urea groups is 1. The summed E-state index contributed by atoms with van der Waals surface area (Å²) in [5, 5.41) is 2.85. The molecule has 1 atom stereocenters. The summed E-state index contributed by atoms with van der Waals surface area (Å²) >= 11 is 0. The Morgan fingerprint density at radius 2 is 2.05 bits per heavy atom. The van der Waals surface area contributed by atoms with E-state index in [1.165, 1.54) is 4.90 Å². The number of amides is 2. The normalized spacial score (nSPS) is 20.6. The lowest BCUT2D eigenvalue weighted by molar-refractivity contribution is 0.209. The molecule has 1 aliphatic rings. The molecule has 0 radical (unpaired) electrons. The maximum Gasteiger partial charge on any atom is 0.321 e. The van der Waals surface area contributed by atoms with E-state index in [0.29, 0.717) is 6.42 Å². The molecule has 1 aromatic rings. The Kier molecular flexibility index (Phi) is 4.04. The van der Waals surface area contributed by atoms with Gasteiger partial charge < -0.3 is 10.2 Å². The predicted octanol–water partition coefficient (Wildman–Crippen LogP) is 1.95. The van der Waals surface area contributed by atoms with Gasteiger partial charge >= 0.3 is 6.03 Å². The smallest absolute Gasteiger partial charge is 0.321 e. The Labute approximate surface area is 119 Å². The van der Waals surface area contributed by atoms with Crippen LogP contribution in [0.1, 0.15) is 17.5 Å². The molecule has 20 heavy (non-hydrogen) atoms. The van der Waals surface area contributed by atoms with Crippen LogP contribution >= 0.6 is 0 Å². The molecule has 2 rings (SSSR count). The van der Waals surface area contributed by atoms with E-state index < -0.39 is 9.84 Å². The van der Waals surface area contributed by atoms with E-state index in [-0.39, 0.29) is 23.6 Å². The van der Waals surface area contributed by atoms with Gasteiger partial charge in [0, 0.05) is 18.8 Å². The highest BCUT2D eigenvalue weighted by Crippen LogP contribution is 2.20. The molecule has 5 nitrogen and oxygen atoms in total. The summed E-state index contributed by atoms with van der Waals surface area (Å²) in [6.45, 7) is 3.93. The van der Waals surface area contributed by atoms with Crippen molar-refractivity contribution in [3.8, 4) is 0 Å². The number of rotatable bonds is 2. The molecule has 0 aliphatic carbocycles. The Morgan fingerprint density at radius 1 is 1.35 bits per heavy atom. The highest BCUT2D eigenvalue weighted by atomic mass is 32.2. The van der Waals surface area contributed by atoms with Crippen LogP contribution in [0, 0.1) is 13.8 Å². The van der Waals surface area contributed by atoms with E-state index in [0.717, 1.165) is 16.8 Å². The molecule has 0 aromatic heterocycles. The van der Waals surface area contributed by atoms with Gasteiger partial charge in [0.25, 0.3) is 0 Å². The van der Waals surface area contributed by atoms with Crippen molar-refractivity contribution in [2.75, 3.05) is 23.9 Å². The van der Waals surface area contributed by atoms with Gasteiger partial charge in [-0.1, -0.05) is 12.1 Å². The van der Waals surface area contributed by atoms with Crippen molar-refractivity contribution >= 4 is 21.6 Å². The zero-order valence-corrected chi connectivity index (χ0v) is 12.8. The van der Waals surface area contributed by atoms with E-state index in [9.17, 15) is 13.2 Å². The third-order valence-corrected chi connectivity index (χ3v) is 5.67. The maximum atomic E-state index is 12.2. The molecule has 2 amide bonds. The summed E-state index contributed by atoms with van der Waals surface area (Å²) in [6, 6.07) is 5.22. The Balaban J connectivity index is 2.07. The van der Waals surface area contributed by atoms with Crippen LogP contribution in [0.25, 0.3) is 0 Å². The molecule has 0 saturated carbocycles. The van der Waals surface area contributed by atoms with Crippen LogP contribution in [-0.4, -0.2) is 43.9 Å². The Bertz CT molecular complexity index is 625. The van der Waals surface area contributed by atoms with Gasteiger partial charge in [0.15, 0.2) is 9.84 Å². The molecule has 1 aromatic carbocycles. The lowest BCUT2D eigenvalue weighted by Gasteiger charge is -2.24. The second-order valence-corrected chi connectivity index (χ2v) is 7.57. The quantitative estimate of drug-likeness (QED) is 0.907. The molecule has 1 unspecified atom stereocenters. The first-order chi connectivity index (χ1) is 9.30. The fourth-order valence-corrected chi connectivity index (χ4v) is 4.11. The minimum atomic E-state index is -2.98. The fraction of sp³-hybridized carbons (Fsp3) is 0.500. The van der Waals surface area contributed by atoms with Gasteiger partial charge in [0.05, 0.1) is 11.5 Å². The van der Waals surface area contributed by atoms with Crippen LogP contribution in [0.15, 0.2) is 18.2 Å². The van der Waals surface area contributed by atoms with Gasteiger partial charge in [-0.25, -0.2) is 13.2 Å². The van der Waals surface area contributed by atoms with Crippen molar-refractivity contribution in [2.24, 2.45) is 0 Å². The van der Waals surface area contributed by atoms with Gasteiger partial charge in [-0.05, 0) is 37.5 Å². The largest absolute Gasteiger partial charge is 0.324 e. The van der Waals surface area contributed by atoms with Gasteiger partial charge in [-0.2, -0.15) is 0 Å². The van der Waals surface area contributed by atoms with Crippen molar-refractivity contribution in [1.29, 1.82) is 0 Å². The number of anilines is 1. The van der Waals surface area contributed by atoms with E-state index in [1.54, 1.807) is 7.05 Å². The van der Waals surface area contributed by atoms with Gasteiger partial charge in [0.1, 0.15) is 0 Å². The van der Waals surface area contributed by atoms with Crippen LogP contribution in [0.2, 0.25) is 0 Å². The number of aryl methyl sites for hydroxylation is 1. The van der Waals surface area contributed by atoms with Crippen molar-refractivity contribution < 1.29 is 13.2 Å². The summed E-state index contributed by atoms with van der Waals surface area (Å²) in [5.74, 6) is 0.225. The lowest BCUT2D eigenvalue weighted by atomic mass is 10.1. The number of nitrogens with zero attached hydrogens (tertiary/aromatic N) is 1. The SMILES string of the molecule is Cc1cccc(NC(=O)N(C)C2CCS(=O)(=O)C2)c1C. The third kappa shape index (κ3) is 3.12. The molecule has 1 N–H and O–H groups in total. The predicted molar refractivity (Wildman–Crippen MR) is 79.8 cm³/mol. The number of sulfone groups is 1. The first kappa shape index (κ1) is 14.8. The highest BCUT2D eigenvalue weighted by molar-refractivity contribution is 7.91. The van der Waals surface area contributed by atoms with Crippen LogP contribution < -0.4 is 5.32 Å². The molecule has 0 spiro atoms. The molecular weight excluding hydrogens is 276 g/mol. The fourth-order valence-electron chi connectivity index (χ4n) is 2.34. The topological polar surface area (TPSA) is 66.5 Å². The zero-order chi connectivity index (χ0) is 14.9. The molecule has 1 heterocycles. The summed E-state index contributed by atoms with van der Waals surface area (Å²) in [4.78, 5) is 13.7. The Morgan fingerprint density at radius 3 is 2.65 bits per heavy atom. The number of nitrogens with one attached hydrogen (secondary N) is 1. The molecule has 0 bridgehead atoms. The second kappa shape index (κ2) is 5.44. The second-order valence-electron chi connectivity index (χ2n) is 5.35. The van der Waals surface area contributed by atoms with Crippen LogP contribution in [-0.2, 0) is 9.84 Å². The van der Waals surface area contributed by atoms with Crippen LogP contribution in [0.3, 0.4) is 0 Å². The minimum Gasteiger partial charge on any atom is -0.324 e. The summed E-state index contributed by atoms with van der Waals surface area (Å²) in [5.41, 5.74) is 2.89. The van der Waals surface area contributed by atoms with E-state index in [2.05, 4.69) is 5.32 Å². The average Bonchev–Trinajstić information content (AvgIpc) is 2.74. The molecular formula is C14H20N2O3S. The zero-order valence-electron chi connectivity index (χ0n) is 12.0. The van der Waals surface area contributed by atoms with E-state index in [1.807, 2.05) is 32.0 Å². The monoisotopic (exact) mass is 296 g/mol. The standard InChI is InChI=1S/C14H20N2O3S/c1-10-5-4-6-13(11(10)2)15-14(17)16(3)12-7-8-20(18,19)9-12/h4-6,12H,7-9H2,1-3H3,(H,15,17). The molecule has 6 heteroatoms. The van der Waals surface area contributed by atoms with E-state index >= 15 is 0 Å². The number of hydrogen-bond acceptors (Lipinski definition) is 3. The summed E-state index contributed by atoms with van der Waals surface area (Å²) in [6.07, 6.45) is 0.513. The van der Waals surface area contributed by atoms with Gasteiger partial charge in [0.2, 0.25) is 0 Å². The van der Waals surface area contributed by atoms with Crippen molar-refractivity contribution in [3.63, 3.8) is 0 Å². The van der Waals surface area contributed by atoms with Crippen LogP contribution in [0.4, 0.5) is 10.5 Å². The van der Waals surface area contributed by atoms with Gasteiger partial charge in [-0.3, -0.25) is 0 Å². The molecule has 1 aliphatic heterocycles. The Hall–Kier alpha value is -1.56. The first-order valence-corrected chi connectivity index (χ1v) is 8.43. The lowest BCUT2D eigenvalue weighted by Crippen LogP contribution is -2.40. The molecule has 1 saturated heterocycles. The highest BCUT2D eigenvalue weighted by Gasteiger charge is 2.32. The molecule has 1 fully saturated rings. The maximum absolute atomic E-state index is 12.2. The summed E-state index contributed by atoms with van der Waals surface area (Å²) in [7, 11) is -1.34. The summed E-state index contributed by atoms with van der Waals surface area (Å²) < 4.78 is 22.9. The average molecular weight is 296 g/mol. The van der Waals surface area contributed by atoms with Gasteiger partial charge in [-0.15, -0.1) is 0 Å². The number of carbonyl (C=O) groups excluding carboxylic acids is 1.